The summed E-state index contributed by atoms with van der Waals surface area (Å²) in [6, 6.07) is 0.113. The maximum Gasteiger partial charge on any atom is 0.407 e. The quantitative estimate of drug-likeness (QED) is 0.751. The van der Waals surface area contributed by atoms with Crippen LogP contribution in [0, 0.1) is 0 Å². The molecule has 0 radical (unpaired) electrons. The second kappa shape index (κ2) is 8.23. The molecular formula is C15H29N2O4P. The maximum absolute atomic E-state index is 11.8. The highest BCUT2D eigenvalue weighted by molar-refractivity contribution is 7.17. The Bertz CT molecular complexity index is 372. The van der Waals surface area contributed by atoms with Crippen molar-refractivity contribution in [1.29, 1.82) is 0 Å². The lowest BCUT2D eigenvalue weighted by Gasteiger charge is -2.44. The molecule has 1 rings (SSSR count). The first-order chi connectivity index (χ1) is 10.3. The van der Waals surface area contributed by atoms with E-state index in [1.54, 1.807) is 0 Å². The molecule has 128 valence electrons. The highest BCUT2D eigenvalue weighted by Gasteiger charge is 2.37. The predicted molar refractivity (Wildman–Crippen MR) is 86.0 cm³/mol. The Morgan fingerprint density at radius 2 is 1.77 bits per heavy atom. The fraction of sp³-hybridized carbons (Fsp3) is 0.933. The number of amides is 1. The van der Waals surface area contributed by atoms with Crippen LogP contribution in [0.5, 0.6) is 0 Å². The van der Waals surface area contributed by atoms with Gasteiger partial charge in [-0.15, -0.1) is 0 Å². The molecule has 1 saturated heterocycles. The molecule has 22 heavy (non-hydrogen) atoms. The SMILES string of the molecule is CCC(CC)(OP=O)N1CCC(NC(=O)OC(C)(C)C)CC1. The number of nitrogens with zero attached hydrogens (tertiary/aromatic N) is 1. The largest absolute Gasteiger partial charge is 0.444 e. The molecule has 1 amide bonds. The minimum atomic E-state index is -0.481. The van der Waals surface area contributed by atoms with Gasteiger partial charge in [0.15, 0.2) is 0 Å². The van der Waals surface area contributed by atoms with E-state index in [1.807, 2.05) is 34.6 Å². The third-order valence-electron chi connectivity index (χ3n) is 4.10. The number of piperidine rings is 1. The van der Waals surface area contributed by atoms with Crippen LogP contribution in [0.2, 0.25) is 0 Å². The number of hydrogen-bond acceptors (Lipinski definition) is 5. The number of carbonyl (C=O) groups excluding carboxylic acids is 1. The van der Waals surface area contributed by atoms with Gasteiger partial charge in [-0.05, 0) is 46.5 Å². The third-order valence-corrected chi connectivity index (χ3v) is 4.52. The number of hydrogen-bond donors (Lipinski definition) is 1. The van der Waals surface area contributed by atoms with Gasteiger partial charge in [0.05, 0.1) is 0 Å². The van der Waals surface area contributed by atoms with E-state index in [-0.39, 0.29) is 20.8 Å². The van der Waals surface area contributed by atoms with Gasteiger partial charge in [0.1, 0.15) is 11.3 Å². The van der Waals surface area contributed by atoms with Gasteiger partial charge >= 0.3 is 14.8 Å². The molecular weight excluding hydrogens is 303 g/mol. The van der Waals surface area contributed by atoms with E-state index in [2.05, 4.69) is 10.2 Å². The molecule has 1 fully saturated rings. The number of alkyl carbamates (subject to hydrolysis) is 1. The molecule has 0 aliphatic carbocycles. The van der Waals surface area contributed by atoms with Crippen molar-refractivity contribution < 1.29 is 18.6 Å². The van der Waals surface area contributed by atoms with E-state index in [0.717, 1.165) is 38.8 Å². The van der Waals surface area contributed by atoms with Crippen LogP contribution < -0.4 is 5.32 Å². The van der Waals surface area contributed by atoms with Crippen LogP contribution in [-0.4, -0.2) is 41.5 Å². The van der Waals surface area contributed by atoms with Crippen LogP contribution in [0.4, 0.5) is 4.79 Å². The molecule has 1 heterocycles. The van der Waals surface area contributed by atoms with Gasteiger partial charge in [0.2, 0.25) is 0 Å². The van der Waals surface area contributed by atoms with Gasteiger partial charge in [-0.25, -0.2) is 9.36 Å². The molecule has 0 aromatic heterocycles. The summed E-state index contributed by atoms with van der Waals surface area (Å²) >= 11 is 0. The van der Waals surface area contributed by atoms with E-state index < -0.39 is 11.3 Å². The second-order valence-electron chi connectivity index (χ2n) is 6.73. The molecule has 1 aliphatic rings. The first-order valence-electron chi connectivity index (χ1n) is 8.01. The summed E-state index contributed by atoms with van der Waals surface area (Å²) in [7, 11) is -0.281. The maximum atomic E-state index is 11.8. The van der Waals surface area contributed by atoms with Crippen molar-refractivity contribution in [2.75, 3.05) is 13.1 Å². The van der Waals surface area contributed by atoms with Crippen molar-refractivity contribution >= 4 is 14.8 Å². The summed E-state index contributed by atoms with van der Waals surface area (Å²) in [4.78, 5) is 14.0. The summed E-state index contributed by atoms with van der Waals surface area (Å²) in [6.45, 7) is 11.2. The van der Waals surface area contributed by atoms with Crippen LogP contribution >= 0.6 is 8.69 Å². The van der Waals surface area contributed by atoms with E-state index in [9.17, 15) is 9.36 Å². The molecule has 0 bridgehead atoms. The van der Waals surface area contributed by atoms with Crippen LogP contribution in [-0.2, 0) is 13.8 Å². The average molecular weight is 332 g/mol. The van der Waals surface area contributed by atoms with Crippen molar-refractivity contribution in [3.63, 3.8) is 0 Å². The average Bonchev–Trinajstić information content (AvgIpc) is 2.44. The van der Waals surface area contributed by atoms with Crippen molar-refractivity contribution in [2.45, 2.75) is 77.7 Å². The van der Waals surface area contributed by atoms with Gasteiger partial charge in [0.25, 0.3) is 0 Å². The highest BCUT2D eigenvalue weighted by Crippen LogP contribution is 2.32. The van der Waals surface area contributed by atoms with Gasteiger partial charge in [-0.2, -0.15) is 0 Å². The Labute approximate surface area is 135 Å². The summed E-state index contributed by atoms with van der Waals surface area (Å²) in [6.07, 6.45) is 2.86. The number of carbonyl (C=O) groups is 1. The van der Waals surface area contributed by atoms with Crippen molar-refractivity contribution in [3.05, 3.63) is 0 Å². The van der Waals surface area contributed by atoms with Crippen LogP contribution in [0.25, 0.3) is 0 Å². The van der Waals surface area contributed by atoms with E-state index in [0.29, 0.717) is 0 Å². The fourth-order valence-corrected chi connectivity index (χ4v) is 3.37. The molecule has 0 unspecified atom stereocenters. The molecule has 7 heteroatoms. The Morgan fingerprint density at radius 3 is 2.18 bits per heavy atom. The number of nitrogens with one attached hydrogen (secondary N) is 1. The zero-order valence-corrected chi connectivity index (χ0v) is 15.2. The van der Waals surface area contributed by atoms with Crippen LogP contribution in [0.1, 0.15) is 60.3 Å². The molecule has 0 aromatic carbocycles. The lowest BCUT2D eigenvalue weighted by Crippen LogP contribution is -2.55. The number of likely N-dealkylation sites (tertiary alicyclic amines) is 1. The first-order valence-corrected chi connectivity index (χ1v) is 8.74. The Morgan fingerprint density at radius 1 is 1.23 bits per heavy atom. The Balaban J connectivity index is 2.52. The predicted octanol–water partition coefficient (Wildman–Crippen LogP) is 3.72. The van der Waals surface area contributed by atoms with Crippen molar-refractivity contribution in [2.24, 2.45) is 0 Å². The molecule has 1 N–H and O–H groups in total. The summed E-state index contributed by atoms with van der Waals surface area (Å²) in [5, 5.41) is 2.92. The van der Waals surface area contributed by atoms with E-state index in [4.69, 9.17) is 9.26 Å². The topological polar surface area (TPSA) is 67.9 Å². The first kappa shape index (κ1) is 19.3. The van der Waals surface area contributed by atoms with Crippen LogP contribution in [0.3, 0.4) is 0 Å². The number of ether oxygens (including phenoxy) is 1. The zero-order valence-electron chi connectivity index (χ0n) is 14.3. The molecule has 1 aliphatic heterocycles. The minimum absolute atomic E-state index is 0.113. The van der Waals surface area contributed by atoms with Crippen molar-refractivity contribution in [1.82, 2.24) is 10.2 Å². The Kier molecular flexibility index (Phi) is 7.23. The smallest absolute Gasteiger partial charge is 0.407 e. The van der Waals surface area contributed by atoms with Crippen LogP contribution in [0.15, 0.2) is 0 Å². The lowest BCUT2D eigenvalue weighted by atomic mass is 9.98. The molecule has 6 nitrogen and oxygen atoms in total. The van der Waals surface area contributed by atoms with E-state index >= 15 is 0 Å². The van der Waals surface area contributed by atoms with Gasteiger partial charge in [-0.1, -0.05) is 13.8 Å². The number of rotatable bonds is 6. The summed E-state index contributed by atoms with van der Waals surface area (Å²) < 4.78 is 21.7. The molecule has 0 atom stereocenters. The monoisotopic (exact) mass is 332 g/mol. The molecule has 0 aromatic rings. The standard InChI is InChI=1S/C15H29N2O4P/c1-6-15(7-2,21-22-19)17-10-8-12(9-11-17)16-13(18)20-14(3,4)5/h12H,6-11H2,1-5H3,(H,16,18). The molecule has 0 spiro atoms. The van der Waals surface area contributed by atoms with Gasteiger partial charge in [0, 0.05) is 19.1 Å². The summed E-state index contributed by atoms with van der Waals surface area (Å²) in [5.74, 6) is 0. The minimum Gasteiger partial charge on any atom is -0.444 e. The van der Waals surface area contributed by atoms with Gasteiger partial charge < -0.3 is 10.1 Å². The lowest BCUT2D eigenvalue weighted by molar-refractivity contribution is -0.0949. The van der Waals surface area contributed by atoms with Crippen molar-refractivity contribution in [3.8, 4) is 0 Å². The zero-order chi connectivity index (χ0) is 16.8. The highest BCUT2D eigenvalue weighted by atomic mass is 31.1. The fourth-order valence-electron chi connectivity index (χ4n) is 2.86. The Hall–Kier alpha value is -0.710. The van der Waals surface area contributed by atoms with E-state index in [1.165, 1.54) is 0 Å². The van der Waals surface area contributed by atoms with Gasteiger partial charge in [-0.3, -0.25) is 9.42 Å². The third kappa shape index (κ3) is 5.49. The second-order valence-corrected chi connectivity index (χ2v) is 7.06. The summed E-state index contributed by atoms with van der Waals surface area (Å²) in [5.41, 5.74) is -0.953. The molecule has 0 saturated carbocycles. The normalized spacial score (nSPS) is 18.4.